The molecule has 0 spiro atoms. The van der Waals surface area contributed by atoms with Gasteiger partial charge in [-0.25, -0.2) is 4.39 Å². The van der Waals surface area contributed by atoms with E-state index in [1.807, 2.05) is 20.8 Å². The van der Waals surface area contributed by atoms with Crippen molar-refractivity contribution in [1.82, 2.24) is 0 Å². The van der Waals surface area contributed by atoms with Crippen LogP contribution >= 0.6 is 0 Å². The van der Waals surface area contributed by atoms with Crippen molar-refractivity contribution >= 4 is 0 Å². The highest BCUT2D eigenvalue weighted by atomic mass is 19.1. The van der Waals surface area contributed by atoms with Gasteiger partial charge in [-0.15, -0.1) is 0 Å². The van der Waals surface area contributed by atoms with Gasteiger partial charge in [0.05, 0.1) is 36.6 Å². The molecule has 40 heavy (non-hydrogen) atoms. The van der Waals surface area contributed by atoms with Gasteiger partial charge in [0, 0.05) is 5.92 Å². The number of hydrogen-bond acceptors (Lipinski definition) is 3. The van der Waals surface area contributed by atoms with E-state index in [9.17, 15) is 4.39 Å². The average Bonchev–Trinajstić information content (AvgIpc) is 3.56. The van der Waals surface area contributed by atoms with Gasteiger partial charge < -0.3 is 14.2 Å². The Morgan fingerprint density at radius 2 is 1.02 bits per heavy atom. The summed E-state index contributed by atoms with van der Waals surface area (Å²) >= 11 is 0. The van der Waals surface area contributed by atoms with E-state index in [0.717, 1.165) is 25.0 Å². The Bertz CT molecular complexity index is 772. The van der Waals surface area contributed by atoms with E-state index in [4.69, 9.17) is 14.2 Å². The number of ether oxygens (including phenoxy) is 3. The van der Waals surface area contributed by atoms with Crippen LogP contribution in [-0.2, 0) is 14.2 Å². The zero-order valence-corrected chi connectivity index (χ0v) is 30.3. The Balaban J connectivity index is 0.000000300. The summed E-state index contributed by atoms with van der Waals surface area (Å²) in [6.07, 6.45) is 4.70. The first-order chi connectivity index (χ1) is 17.4. The van der Waals surface area contributed by atoms with Crippen LogP contribution in [0.4, 0.5) is 4.39 Å². The molecule has 0 saturated heterocycles. The summed E-state index contributed by atoms with van der Waals surface area (Å²) in [6, 6.07) is 0. The van der Waals surface area contributed by atoms with Crippen molar-refractivity contribution in [2.24, 2.45) is 39.4 Å². The van der Waals surface area contributed by atoms with E-state index in [-0.39, 0.29) is 34.7 Å². The second-order valence-electron chi connectivity index (χ2n) is 19.4. The van der Waals surface area contributed by atoms with Gasteiger partial charge in [0.15, 0.2) is 0 Å². The number of rotatable bonds is 6. The molecule has 0 aromatic carbocycles. The first-order valence-corrected chi connectivity index (χ1v) is 16.0. The third-order valence-electron chi connectivity index (χ3n) is 8.79. The van der Waals surface area contributed by atoms with Gasteiger partial charge in [0.2, 0.25) is 0 Å². The number of hydrogen-bond donors (Lipinski definition) is 0. The molecule has 0 heterocycles. The summed E-state index contributed by atoms with van der Waals surface area (Å²) in [5, 5.41) is 0. The lowest BCUT2D eigenvalue weighted by molar-refractivity contribution is -0.0504. The normalized spacial score (nSPS) is 28.1. The van der Waals surface area contributed by atoms with Gasteiger partial charge in [0.25, 0.3) is 0 Å². The van der Waals surface area contributed by atoms with Crippen molar-refractivity contribution in [3.05, 3.63) is 0 Å². The molecular formula is C36H71FO3. The standard InChI is InChI=1S/C12H23FO.2C12H24O/c1-10(2,3)9-7-12(9,13)8-14-11(4,5)6;1-11(2,3)10-7-9(10)8-13-12(4,5)6;1-10(2,3)12(7-8-12)9-13-11(4,5)6/h9H,7-8H2,1-6H3;9-10H,7-8H2,1-6H3;7-9H2,1-6H3/t9-,12+;9?,10-;/m10./s1. The van der Waals surface area contributed by atoms with Gasteiger partial charge in [-0.3, -0.25) is 0 Å². The van der Waals surface area contributed by atoms with E-state index in [2.05, 4.69) is 104 Å². The molecule has 240 valence electrons. The zero-order valence-electron chi connectivity index (χ0n) is 30.3. The molecule has 0 aromatic heterocycles. The quantitative estimate of drug-likeness (QED) is 0.318. The summed E-state index contributed by atoms with van der Waals surface area (Å²) in [5.74, 6) is 1.87. The minimum Gasteiger partial charge on any atom is -0.376 e. The first-order valence-electron chi connectivity index (χ1n) is 16.0. The molecule has 3 nitrogen and oxygen atoms in total. The summed E-state index contributed by atoms with van der Waals surface area (Å²) in [6.45, 7) is 41.0. The van der Waals surface area contributed by atoms with Crippen LogP contribution in [0.1, 0.15) is 150 Å². The molecule has 0 radical (unpaired) electrons. The Morgan fingerprint density at radius 3 is 1.30 bits per heavy atom. The van der Waals surface area contributed by atoms with Crippen LogP contribution in [0.3, 0.4) is 0 Å². The van der Waals surface area contributed by atoms with Crippen LogP contribution in [0.25, 0.3) is 0 Å². The summed E-state index contributed by atoms with van der Waals surface area (Å²) in [4.78, 5) is 0. The average molecular weight is 571 g/mol. The van der Waals surface area contributed by atoms with Gasteiger partial charge >= 0.3 is 0 Å². The highest BCUT2D eigenvalue weighted by Gasteiger charge is 2.60. The van der Waals surface area contributed by atoms with E-state index >= 15 is 0 Å². The van der Waals surface area contributed by atoms with Crippen molar-refractivity contribution in [1.29, 1.82) is 0 Å². The fourth-order valence-corrected chi connectivity index (χ4v) is 5.32. The molecule has 3 fully saturated rings. The Hall–Kier alpha value is -0.190. The molecule has 0 bridgehead atoms. The largest absolute Gasteiger partial charge is 0.376 e. The molecule has 0 amide bonds. The second-order valence-corrected chi connectivity index (χ2v) is 19.4. The second kappa shape index (κ2) is 12.4. The molecule has 3 aliphatic rings. The molecule has 3 saturated carbocycles. The molecule has 4 heteroatoms. The lowest BCUT2D eigenvalue weighted by Crippen LogP contribution is -2.31. The maximum atomic E-state index is 14.1. The monoisotopic (exact) mass is 571 g/mol. The predicted octanol–water partition coefficient (Wildman–Crippen LogP) is 10.7. The molecule has 1 unspecified atom stereocenters. The fraction of sp³-hybridized carbons (Fsp3) is 1.00. The van der Waals surface area contributed by atoms with Crippen LogP contribution in [0, 0.1) is 39.4 Å². The summed E-state index contributed by atoms with van der Waals surface area (Å²) < 4.78 is 31.2. The van der Waals surface area contributed by atoms with E-state index < -0.39 is 5.67 Å². The van der Waals surface area contributed by atoms with Crippen LogP contribution in [0.5, 0.6) is 0 Å². The minimum atomic E-state index is -1.06. The van der Waals surface area contributed by atoms with Gasteiger partial charge in [0.1, 0.15) is 5.67 Å². The lowest BCUT2D eigenvalue weighted by atomic mass is 9.78. The zero-order chi connectivity index (χ0) is 31.8. The fourth-order valence-electron chi connectivity index (χ4n) is 5.32. The smallest absolute Gasteiger partial charge is 0.138 e. The maximum Gasteiger partial charge on any atom is 0.138 e. The predicted molar refractivity (Wildman–Crippen MR) is 171 cm³/mol. The van der Waals surface area contributed by atoms with Gasteiger partial charge in [-0.2, -0.15) is 0 Å². The van der Waals surface area contributed by atoms with Crippen LogP contribution in [-0.4, -0.2) is 42.3 Å². The first kappa shape index (κ1) is 37.8. The Morgan fingerprint density at radius 1 is 0.600 bits per heavy atom. The van der Waals surface area contributed by atoms with Crippen molar-refractivity contribution in [3.8, 4) is 0 Å². The van der Waals surface area contributed by atoms with Crippen molar-refractivity contribution in [2.45, 2.75) is 173 Å². The van der Waals surface area contributed by atoms with Crippen LogP contribution < -0.4 is 0 Å². The lowest BCUT2D eigenvalue weighted by Gasteiger charge is -2.33. The molecular weight excluding hydrogens is 499 g/mol. The van der Waals surface area contributed by atoms with Crippen LogP contribution in [0.2, 0.25) is 0 Å². The minimum absolute atomic E-state index is 0.0147. The highest BCUT2D eigenvalue weighted by Crippen LogP contribution is 2.59. The molecule has 3 rings (SSSR count). The maximum absolute atomic E-state index is 14.1. The Kier molecular flexibility index (Phi) is 11.8. The molecule has 3 aliphatic carbocycles. The number of halogens is 1. The topological polar surface area (TPSA) is 27.7 Å². The van der Waals surface area contributed by atoms with Crippen molar-refractivity contribution in [3.63, 3.8) is 0 Å². The molecule has 0 N–H and O–H groups in total. The molecule has 0 aromatic rings. The third kappa shape index (κ3) is 13.9. The Labute approximate surface area is 250 Å². The SMILES string of the molecule is CC(C)(C)OCC1(C(C)(C)C)CC1.CC(C)(C)OCC1C[C@@H]1C(C)(C)C.CC(C)(C)OC[C@@]1(F)C[C@@H]1C(C)(C)C. The third-order valence-corrected chi connectivity index (χ3v) is 8.79. The van der Waals surface area contributed by atoms with Crippen LogP contribution in [0.15, 0.2) is 0 Å². The summed E-state index contributed by atoms with van der Waals surface area (Å²) in [5.41, 5.74) is 0.169. The molecule has 4 atom stereocenters. The van der Waals surface area contributed by atoms with E-state index in [1.165, 1.54) is 19.3 Å². The van der Waals surface area contributed by atoms with E-state index in [0.29, 0.717) is 22.7 Å². The summed E-state index contributed by atoms with van der Waals surface area (Å²) in [7, 11) is 0. The van der Waals surface area contributed by atoms with Gasteiger partial charge in [-0.1, -0.05) is 62.3 Å². The molecule has 0 aliphatic heterocycles. The van der Waals surface area contributed by atoms with Gasteiger partial charge in [-0.05, 0) is 121 Å². The van der Waals surface area contributed by atoms with Crippen molar-refractivity contribution in [2.75, 3.05) is 19.8 Å². The van der Waals surface area contributed by atoms with Crippen molar-refractivity contribution < 1.29 is 18.6 Å². The number of alkyl halides is 1. The highest BCUT2D eigenvalue weighted by molar-refractivity contribution is 5.09. The van der Waals surface area contributed by atoms with E-state index in [1.54, 1.807) is 0 Å².